The second-order valence-electron chi connectivity index (χ2n) is 9.65. The minimum absolute atomic E-state index is 0.0479. The first-order chi connectivity index (χ1) is 17.9. The smallest absolute Gasteiger partial charge is 0.264 e. The molecule has 0 radical (unpaired) electrons. The van der Waals surface area contributed by atoms with Crippen molar-refractivity contribution in [3.63, 3.8) is 0 Å². The van der Waals surface area contributed by atoms with Crippen LogP contribution in [0.15, 0.2) is 77.7 Å². The average molecular weight is 556 g/mol. The molecule has 0 aliphatic heterocycles. The molecular formula is C29H34ClN3O4S. The first-order valence-electron chi connectivity index (χ1n) is 12.4. The Labute approximate surface area is 230 Å². The molecule has 0 saturated carbocycles. The average Bonchev–Trinajstić information content (AvgIpc) is 2.85. The second kappa shape index (κ2) is 12.5. The van der Waals surface area contributed by atoms with Crippen LogP contribution in [0.2, 0.25) is 5.02 Å². The van der Waals surface area contributed by atoms with Gasteiger partial charge in [-0.3, -0.25) is 13.9 Å². The molecule has 0 heterocycles. The highest BCUT2D eigenvalue weighted by Gasteiger charge is 2.32. The van der Waals surface area contributed by atoms with Gasteiger partial charge < -0.3 is 10.2 Å². The molecule has 1 atom stereocenters. The Bertz CT molecular complexity index is 1390. The van der Waals surface area contributed by atoms with Crippen molar-refractivity contribution in [2.45, 2.75) is 58.1 Å². The van der Waals surface area contributed by atoms with Crippen molar-refractivity contribution in [3.05, 3.63) is 94.5 Å². The van der Waals surface area contributed by atoms with Gasteiger partial charge in [0.25, 0.3) is 10.0 Å². The normalized spacial score (nSPS) is 12.2. The number of nitrogens with zero attached hydrogens (tertiary/aromatic N) is 2. The fourth-order valence-corrected chi connectivity index (χ4v) is 5.58. The van der Waals surface area contributed by atoms with Crippen LogP contribution < -0.4 is 9.62 Å². The van der Waals surface area contributed by atoms with Crippen molar-refractivity contribution < 1.29 is 18.0 Å². The van der Waals surface area contributed by atoms with E-state index in [1.54, 1.807) is 37.3 Å². The molecule has 3 aromatic rings. The zero-order valence-electron chi connectivity index (χ0n) is 22.3. The Morgan fingerprint density at radius 2 is 1.55 bits per heavy atom. The van der Waals surface area contributed by atoms with Gasteiger partial charge in [0.2, 0.25) is 11.8 Å². The lowest BCUT2D eigenvalue weighted by molar-refractivity contribution is -0.139. The van der Waals surface area contributed by atoms with E-state index in [9.17, 15) is 18.0 Å². The fourth-order valence-electron chi connectivity index (χ4n) is 3.99. The van der Waals surface area contributed by atoms with Crippen molar-refractivity contribution in [2.24, 2.45) is 0 Å². The molecule has 2 amide bonds. The monoisotopic (exact) mass is 555 g/mol. The molecule has 38 heavy (non-hydrogen) atoms. The van der Waals surface area contributed by atoms with Crippen molar-refractivity contribution in [3.8, 4) is 0 Å². The summed E-state index contributed by atoms with van der Waals surface area (Å²) in [6.45, 7) is 8.76. The maximum atomic E-state index is 13.9. The van der Waals surface area contributed by atoms with Gasteiger partial charge >= 0.3 is 0 Å². The number of benzene rings is 3. The zero-order chi connectivity index (χ0) is 28.0. The summed E-state index contributed by atoms with van der Waals surface area (Å²) in [7, 11) is -4.13. The van der Waals surface area contributed by atoms with Gasteiger partial charge in [-0.2, -0.15) is 0 Å². The van der Waals surface area contributed by atoms with Gasteiger partial charge in [0.15, 0.2) is 0 Å². The second-order valence-corrected chi connectivity index (χ2v) is 12.0. The van der Waals surface area contributed by atoms with Crippen molar-refractivity contribution >= 4 is 39.1 Å². The van der Waals surface area contributed by atoms with Crippen molar-refractivity contribution in [1.82, 2.24) is 10.2 Å². The zero-order valence-corrected chi connectivity index (χ0v) is 23.9. The molecule has 0 fully saturated rings. The summed E-state index contributed by atoms with van der Waals surface area (Å²) in [4.78, 5) is 28.3. The number of sulfonamides is 1. The fraction of sp³-hybridized carbons (Fsp3) is 0.310. The predicted octanol–water partition coefficient (Wildman–Crippen LogP) is 5.09. The van der Waals surface area contributed by atoms with Gasteiger partial charge in [-0.15, -0.1) is 0 Å². The van der Waals surface area contributed by atoms with Gasteiger partial charge in [-0.1, -0.05) is 65.2 Å². The third-order valence-corrected chi connectivity index (χ3v) is 8.04. The van der Waals surface area contributed by atoms with E-state index in [4.69, 9.17) is 11.6 Å². The Kier molecular flexibility index (Phi) is 9.57. The molecule has 1 N–H and O–H groups in total. The molecule has 0 aliphatic carbocycles. The number of rotatable bonds is 10. The van der Waals surface area contributed by atoms with Gasteiger partial charge in [0, 0.05) is 17.6 Å². The summed E-state index contributed by atoms with van der Waals surface area (Å²) in [6.07, 6.45) is 0. The summed E-state index contributed by atoms with van der Waals surface area (Å²) >= 11 is 6.20. The topological polar surface area (TPSA) is 86.8 Å². The number of carbonyl (C=O) groups excluding carboxylic acids is 2. The number of hydrogen-bond acceptors (Lipinski definition) is 4. The largest absolute Gasteiger partial charge is 0.352 e. The van der Waals surface area contributed by atoms with E-state index in [1.807, 2.05) is 52.0 Å². The molecule has 0 aliphatic rings. The number of amides is 2. The van der Waals surface area contributed by atoms with Gasteiger partial charge in [0.1, 0.15) is 12.6 Å². The van der Waals surface area contributed by atoms with Crippen LogP contribution in [0.25, 0.3) is 0 Å². The molecule has 0 unspecified atom stereocenters. The molecule has 202 valence electrons. The SMILES string of the molecule is Cc1ccc(S(=O)(=O)N(CC(=O)N(Cc2cccc(C)c2)[C@@H](C)C(=O)NC(C)C)c2cccc(Cl)c2)cc1. The number of hydrogen-bond donors (Lipinski definition) is 1. The highest BCUT2D eigenvalue weighted by Crippen LogP contribution is 2.27. The van der Waals surface area contributed by atoms with Crippen LogP contribution in [0.4, 0.5) is 5.69 Å². The lowest BCUT2D eigenvalue weighted by Gasteiger charge is -2.32. The number of halogens is 1. The highest BCUT2D eigenvalue weighted by molar-refractivity contribution is 7.92. The Morgan fingerprint density at radius 1 is 0.895 bits per heavy atom. The van der Waals surface area contributed by atoms with Gasteiger partial charge in [-0.05, 0) is 70.5 Å². The first kappa shape index (κ1) is 29.2. The van der Waals surface area contributed by atoms with E-state index in [0.717, 1.165) is 21.0 Å². The first-order valence-corrected chi connectivity index (χ1v) is 14.2. The lowest BCUT2D eigenvalue weighted by atomic mass is 10.1. The van der Waals surface area contributed by atoms with E-state index in [1.165, 1.54) is 23.1 Å². The Hall–Kier alpha value is -3.36. The molecule has 0 saturated heterocycles. The summed E-state index contributed by atoms with van der Waals surface area (Å²) in [5, 5.41) is 3.18. The minimum Gasteiger partial charge on any atom is -0.352 e. The van der Waals surface area contributed by atoms with Crippen LogP contribution in [0, 0.1) is 13.8 Å². The standard InChI is InChI=1S/C29H34ClN3O4S/c1-20(2)31-29(35)23(5)32(18-24-9-6-8-22(4)16-24)28(34)19-33(26-11-7-10-25(30)17-26)38(36,37)27-14-12-21(3)13-15-27/h6-17,20,23H,18-19H2,1-5H3,(H,31,35)/t23-/m0/s1. The molecule has 9 heteroatoms. The van der Waals surface area contributed by atoms with E-state index in [2.05, 4.69) is 5.32 Å². The number of aryl methyl sites for hydroxylation is 2. The van der Waals surface area contributed by atoms with Crippen LogP contribution in [-0.4, -0.2) is 43.8 Å². The maximum absolute atomic E-state index is 13.9. The molecule has 0 aromatic heterocycles. The van der Waals surface area contributed by atoms with Gasteiger partial charge in [0.05, 0.1) is 10.6 Å². The number of anilines is 1. The maximum Gasteiger partial charge on any atom is 0.264 e. The number of carbonyl (C=O) groups is 2. The van der Waals surface area contributed by atoms with Crippen LogP contribution in [0.1, 0.15) is 37.5 Å². The Morgan fingerprint density at radius 3 is 2.16 bits per heavy atom. The molecule has 3 aromatic carbocycles. The van der Waals surface area contributed by atoms with E-state index < -0.39 is 28.5 Å². The van der Waals surface area contributed by atoms with Crippen LogP contribution >= 0.6 is 11.6 Å². The molecule has 7 nitrogen and oxygen atoms in total. The van der Waals surface area contributed by atoms with Crippen LogP contribution in [-0.2, 0) is 26.2 Å². The summed E-state index contributed by atoms with van der Waals surface area (Å²) < 4.78 is 28.6. The van der Waals surface area contributed by atoms with E-state index in [0.29, 0.717) is 5.02 Å². The quantitative estimate of drug-likeness (QED) is 0.377. The van der Waals surface area contributed by atoms with Gasteiger partial charge in [-0.25, -0.2) is 8.42 Å². The predicted molar refractivity (Wildman–Crippen MR) is 152 cm³/mol. The molecular weight excluding hydrogens is 522 g/mol. The third kappa shape index (κ3) is 7.36. The summed E-state index contributed by atoms with van der Waals surface area (Å²) in [6, 6.07) is 19.4. The van der Waals surface area contributed by atoms with E-state index >= 15 is 0 Å². The molecule has 3 rings (SSSR count). The van der Waals surface area contributed by atoms with E-state index in [-0.39, 0.29) is 29.1 Å². The number of nitrogens with one attached hydrogen (secondary N) is 1. The molecule has 0 bridgehead atoms. The van der Waals surface area contributed by atoms with Crippen LogP contribution in [0.5, 0.6) is 0 Å². The van der Waals surface area contributed by atoms with Crippen LogP contribution in [0.3, 0.4) is 0 Å². The minimum atomic E-state index is -4.13. The Balaban J connectivity index is 2.03. The summed E-state index contributed by atoms with van der Waals surface area (Å²) in [5.74, 6) is -0.842. The highest BCUT2D eigenvalue weighted by atomic mass is 35.5. The lowest BCUT2D eigenvalue weighted by Crippen LogP contribution is -2.52. The van der Waals surface area contributed by atoms with Crippen molar-refractivity contribution in [1.29, 1.82) is 0 Å². The summed E-state index contributed by atoms with van der Waals surface area (Å²) in [5.41, 5.74) is 3.00. The van der Waals surface area contributed by atoms with Crippen molar-refractivity contribution in [2.75, 3.05) is 10.8 Å². The third-order valence-electron chi connectivity index (χ3n) is 6.02. The molecule has 0 spiro atoms.